The van der Waals surface area contributed by atoms with Crippen LogP contribution in [0.3, 0.4) is 0 Å². The molecule has 2 aliphatic rings. The van der Waals surface area contributed by atoms with Crippen molar-refractivity contribution in [2.45, 2.75) is 18.3 Å². The van der Waals surface area contributed by atoms with Crippen LogP contribution in [0.1, 0.15) is 19.8 Å². The summed E-state index contributed by atoms with van der Waals surface area (Å²) in [4.78, 5) is 13.0. The Bertz CT molecular complexity index is 1050. The first kappa shape index (κ1) is 17.1. The molecule has 0 bridgehead atoms. The van der Waals surface area contributed by atoms with Gasteiger partial charge >= 0.3 is 0 Å². The standard InChI is InChI=1S/C23H18ClNO3.H2/c24-18-6-1-15(2-7-18)16-3-8-19(9-4-16)25-22(26)23(11-12-23)17-5-10-20-21(13-17)28-14-27-20;/h1-10,13H,11-12,14H2,(H,25,26);1H. The smallest absolute Gasteiger partial charge is 0.235 e. The van der Waals surface area contributed by atoms with Gasteiger partial charge in [0.25, 0.3) is 0 Å². The molecule has 3 aromatic carbocycles. The monoisotopic (exact) mass is 393 g/mol. The van der Waals surface area contributed by atoms with Crippen molar-refractivity contribution >= 4 is 23.2 Å². The number of ether oxygens (including phenoxy) is 2. The molecule has 1 fully saturated rings. The second-order valence-corrected chi connectivity index (χ2v) is 7.62. The Morgan fingerprint density at radius 2 is 1.54 bits per heavy atom. The fourth-order valence-electron chi connectivity index (χ4n) is 3.61. The third kappa shape index (κ3) is 3.00. The van der Waals surface area contributed by atoms with Gasteiger partial charge in [-0.3, -0.25) is 4.79 Å². The highest BCUT2D eigenvalue weighted by atomic mass is 35.5. The number of nitrogens with one attached hydrogen (secondary N) is 1. The maximum Gasteiger partial charge on any atom is 0.235 e. The molecule has 0 radical (unpaired) electrons. The number of hydrogen-bond donors (Lipinski definition) is 1. The number of rotatable bonds is 4. The van der Waals surface area contributed by atoms with E-state index in [4.69, 9.17) is 21.1 Å². The quantitative estimate of drug-likeness (QED) is 0.622. The normalized spacial score (nSPS) is 15.9. The SMILES string of the molecule is O=C(Nc1ccc(-c2ccc(Cl)cc2)cc1)C1(c2ccc3c(c2)OCO3)CC1.[HH]. The Morgan fingerprint density at radius 3 is 2.21 bits per heavy atom. The first-order valence-corrected chi connectivity index (χ1v) is 9.59. The predicted octanol–water partition coefficient (Wildman–Crippen LogP) is 5.65. The van der Waals surface area contributed by atoms with Crippen molar-refractivity contribution in [3.8, 4) is 22.6 Å². The largest absolute Gasteiger partial charge is 0.454 e. The number of halogens is 1. The van der Waals surface area contributed by atoms with Crippen LogP contribution in [0.5, 0.6) is 11.5 Å². The number of hydrogen-bond acceptors (Lipinski definition) is 3. The van der Waals surface area contributed by atoms with Crippen LogP contribution in [0, 0.1) is 0 Å². The van der Waals surface area contributed by atoms with Crippen molar-refractivity contribution in [3.63, 3.8) is 0 Å². The molecule has 0 saturated heterocycles. The molecule has 5 heteroatoms. The van der Waals surface area contributed by atoms with E-state index < -0.39 is 5.41 Å². The van der Waals surface area contributed by atoms with Crippen LogP contribution in [0.2, 0.25) is 5.02 Å². The molecule has 0 atom stereocenters. The molecule has 4 nitrogen and oxygen atoms in total. The lowest BCUT2D eigenvalue weighted by molar-refractivity contribution is -0.118. The fraction of sp³-hybridized carbons (Fsp3) is 0.174. The number of fused-ring (bicyclic) bond motifs is 1. The van der Waals surface area contributed by atoms with Crippen molar-refractivity contribution in [1.82, 2.24) is 0 Å². The van der Waals surface area contributed by atoms with Gasteiger partial charge in [0.05, 0.1) is 5.41 Å². The molecule has 0 aromatic heterocycles. The van der Waals surface area contributed by atoms with Gasteiger partial charge in [0.2, 0.25) is 12.7 Å². The summed E-state index contributed by atoms with van der Waals surface area (Å²) in [5.74, 6) is 1.47. The highest BCUT2D eigenvalue weighted by Gasteiger charge is 2.51. The molecule has 1 heterocycles. The summed E-state index contributed by atoms with van der Waals surface area (Å²) in [5, 5.41) is 3.78. The average Bonchev–Trinajstić information content (AvgIpc) is 3.40. The fourth-order valence-corrected chi connectivity index (χ4v) is 3.73. The third-order valence-electron chi connectivity index (χ3n) is 5.43. The molecule has 1 amide bonds. The zero-order valence-corrected chi connectivity index (χ0v) is 15.8. The number of amides is 1. The Hall–Kier alpha value is -2.98. The van der Waals surface area contributed by atoms with Crippen molar-refractivity contribution in [2.75, 3.05) is 12.1 Å². The van der Waals surface area contributed by atoms with Gasteiger partial charge in [-0.2, -0.15) is 0 Å². The lowest BCUT2D eigenvalue weighted by Gasteiger charge is -2.16. The minimum Gasteiger partial charge on any atom is -0.454 e. The van der Waals surface area contributed by atoms with Gasteiger partial charge < -0.3 is 14.8 Å². The number of carbonyl (C=O) groups excluding carboxylic acids is 1. The van der Waals surface area contributed by atoms with Gasteiger partial charge in [0.1, 0.15) is 0 Å². The third-order valence-corrected chi connectivity index (χ3v) is 5.68. The lowest BCUT2D eigenvalue weighted by Crippen LogP contribution is -2.27. The van der Waals surface area contributed by atoms with Crippen LogP contribution in [0.25, 0.3) is 11.1 Å². The average molecular weight is 394 g/mol. The predicted molar refractivity (Wildman–Crippen MR) is 111 cm³/mol. The van der Waals surface area contributed by atoms with Crippen molar-refractivity contribution in [3.05, 3.63) is 77.3 Å². The van der Waals surface area contributed by atoms with E-state index in [1.54, 1.807) is 0 Å². The summed E-state index contributed by atoms with van der Waals surface area (Å²) in [6.07, 6.45) is 1.67. The second kappa shape index (κ2) is 6.57. The molecular weight excluding hydrogens is 374 g/mol. The van der Waals surface area contributed by atoms with E-state index in [0.717, 1.165) is 41.0 Å². The molecular formula is C23H20ClNO3. The highest BCUT2D eigenvalue weighted by Crippen LogP contribution is 2.51. The number of anilines is 1. The second-order valence-electron chi connectivity index (χ2n) is 7.19. The van der Waals surface area contributed by atoms with Crippen LogP contribution in [-0.4, -0.2) is 12.7 Å². The molecule has 142 valence electrons. The summed E-state index contributed by atoms with van der Waals surface area (Å²) in [7, 11) is 0. The lowest BCUT2D eigenvalue weighted by atomic mass is 9.94. The Balaban J connectivity index is 0.00000205. The molecule has 1 N–H and O–H groups in total. The van der Waals surface area contributed by atoms with Gasteiger partial charge in [-0.1, -0.05) is 41.9 Å². The zero-order valence-electron chi connectivity index (χ0n) is 15.1. The summed E-state index contributed by atoms with van der Waals surface area (Å²) >= 11 is 5.95. The molecule has 3 aromatic rings. The molecule has 0 unspecified atom stereocenters. The molecule has 1 saturated carbocycles. The van der Waals surface area contributed by atoms with Gasteiger partial charge in [0.15, 0.2) is 11.5 Å². The minimum absolute atomic E-state index is 0. The Kier molecular flexibility index (Phi) is 4.02. The number of carbonyl (C=O) groups is 1. The van der Waals surface area contributed by atoms with Gasteiger partial charge in [-0.15, -0.1) is 0 Å². The molecule has 1 aliphatic heterocycles. The highest BCUT2D eigenvalue weighted by molar-refractivity contribution is 6.30. The molecule has 0 spiro atoms. The van der Waals surface area contributed by atoms with E-state index in [0.29, 0.717) is 10.8 Å². The molecule has 1 aliphatic carbocycles. The van der Waals surface area contributed by atoms with E-state index in [1.165, 1.54) is 0 Å². The molecule has 5 rings (SSSR count). The summed E-state index contributed by atoms with van der Waals surface area (Å²) in [6, 6.07) is 21.3. The van der Waals surface area contributed by atoms with E-state index in [2.05, 4.69) is 5.32 Å². The first-order chi connectivity index (χ1) is 13.6. The van der Waals surface area contributed by atoms with Gasteiger partial charge in [0, 0.05) is 12.1 Å². The van der Waals surface area contributed by atoms with Crippen LogP contribution < -0.4 is 14.8 Å². The number of benzene rings is 3. The summed E-state index contributed by atoms with van der Waals surface area (Å²) in [6.45, 7) is 0.234. The topological polar surface area (TPSA) is 47.6 Å². The van der Waals surface area contributed by atoms with E-state index in [1.807, 2.05) is 66.7 Å². The van der Waals surface area contributed by atoms with Gasteiger partial charge in [-0.25, -0.2) is 0 Å². The van der Waals surface area contributed by atoms with Crippen molar-refractivity contribution in [1.29, 1.82) is 0 Å². The molecule has 28 heavy (non-hydrogen) atoms. The summed E-state index contributed by atoms with van der Waals surface area (Å²) < 4.78 is 10.8. The van der Waals surface area contributed by atoms with Crippen LogP contribution >= 0.6 is 11.6 Å². The maximum absolute atomic E-state index is 13.0. The van der Waals surface area contributed by atoms with Crippen molar-refractivity contribution in [2.24, 2.45) is 0 Å². The van der Waals surface area contributed by atoms with E-state index in [9.17, 15) is 4.79 Å². The zero-order chi connectivity index (χ0) is 19.1. The van der Waals surface area contributed by atoms with Crippen LogP contribution in [0.15, 0.2) is 66.7 Å². The summed E-state index contributed by atoms with van der Waals surface area (Å²) in [5.41, 5.74) is 3.45. The first-order valence-electron chi connectivity index (χ1n) is 9.22. The van der Waals surface area contributed by atoms with Gasteiger partial charge in [-0.05, 0) is 65.9 Å². The Labute approximate surface area is 169 Å². The minimum atomic E-state index is -0.476. The van der Waals surface area contributed by atoms with E-state index >= 15 is 0 Å². The van der Waals surface area contributed by atoms with Crippen molar-refractivity contribution < 1.29 is 15.7 Å². The van der Waals surface area contributed by atoms with E-state index in [-0.39, 0.29) is 14.1 Å². The van der Waals surface area contributed by atoms with Crippen LogP contribution in [0.4, 0.5) is 5.69 Å². The maximum atomic E-state index is 13.0. The van der Waals surface area contributed by atoms with Crippen LogP contribution in [-0.2, 0) is 10.2 Å². The Morgan fingerprint density at radius 1 is 0.893 bits per heavy atom.